The first kappa shape index (κ1) is 13.7. The molecule has 1 aromatic carbocycles. The standard InChI is InChI=1S/C6H12O3.C6H6/c1-4(2)9-6(8)5(3)7;1-2-4-6-5-3-1/h4-5,7H,1-3H3;1-6H. The Kier molecular flexibility index (Phi) is 7.28. The summed E-state index contributed by atoms with van der Waals surface area (Å²) in [5.74, 6) is -0.565. The molecule has 1 atom stereocenters. The first-order chi connectivity index (χ1) is 7.04. The highest BCUT2D eigenvalue weighted by Crippen LogP contribution is 1.92. The topological polar surface area (TPSA) is 46.5 Å². The molecule has 84 valence electrons. The smallest absolute Gasteiger partial charge is 0.334 e. The van der Waals surface area contributed by atoms with Gasteiger partial charge in [-0.25, -0.2) is 4.79 Å². The highest BCUT2D eigenvalue weighted by Gasteiger charge is 2.10. The maximum atomic E-state index is 10.5. The van der Waals surface area contributed by atoms with E-state index in [4.69, 9.17) is 5.11 Å². The zero-order chi connectivity index (χ0) is 11.7. The third-order valence-electron chi connectivity index (χ3n) is 1.36. The van der Waals surface area contributed by atoms with Gasteiger partial charge in [0.05, 0.1) is 6.10 Å². The van der Waals surface area contributed by atoms with Crippen molar-refractivity contribution in [3.8, 4) is 0 Å². The molecule has 0 bridgehead atoms. The lowest BCUT2D eigenvalue weighted by atomic mass is 10.4. The van der Waals surface area contributed by atoms with Gasteiger partial charge >= 0.3 is 5.97 Å². The summed E-state index contributed by atoms with van der Waals surface area (Å²) in [6, 6.07) is 12.0. The number of esters is 1. The average molecular weight is 210 g/mol. The minimum atomic E-state index is -1.01. The molecule has 0 aliphatic carbocycles. The van der Waals surface area contributed by atoms with E-state index in [9.17, 15) is 4.79 Å². The van der Waals surface area contributed by atoms with E-state index >= 15 is 0 Å². The lowest BCUT2D eigenvalue weighted by molar-refractivity contribution is -0.156. The van der Waals surface area contributed by atoms with Crippen LogP contribution in [0.4, 0.5) is 0 Å². The van der Waals surface area contributed by atoms with E-state index < -0.39 is 12.1 Å². The lowest BCUT2D eigenvalue weighted by Gasteiger charge is -2.08. The second-order valence-electron chi connectivity index (χ2n) is 3.32. The molecule has 0 saturated carbocycles. The van der Waals surface area contributed by atoms with Gasteiger partial charge in [0.15, 0.2) is 0 Å². The molecule has 1 rings (SSSR count). The van der Waals surface area contributed by atoms with Crippen LogP contribution in [0.2, 0.25) is 0 Å². The summed E-state index contributed by atoms with van der Waals surface area (Å²) in [6.45, 7) is 4.85. The number of hydrogen-bond acceptors (Lipinski definition) is 3. The Morgan fingerprint density at radius 3 is 1.47 bits per heavy atom. The van der Waals surface area contributed by atoms with Crippen molar-refractivity contribution in [3.05, 3.63) is 36.4 Å². The number of carbonyl (C=O) groups excluding carboxylic acids is 1. The molecule has 0 amide bonds. The van der Waals surface area contributed by atoms with Crippen LogP contribution in [0.15, 0.2) is 36.4 Å². The molecule has 0 saturated heterocycles. The maximum Gasteiger partial charge on any atom is 0.334 e. The molecule has 3 heteroatoms. The summed E-state index contributed by atoms with van der Waals surface area (Å²) in [4.78, 5) is 10.5. The summed E-state index contributed by atoms with van der Waals surface area (Å²) in [5, 5.41) is 8.60. The fourth-order valence-electron chi connectivity index (χ4n) is 0.716. The number of aliphatic hydroxyl groups is 1. The Bertz CT molecular complexity index is 228. The third-order valence-corrected chi connectivity index (χ3v) is 1.36. The molecule has 0 spiro atoms. The van der Waals surface area contributed by atoms with Crippen molar-refractivity contribution >= 4 is 5.97 Å². The Morgan fingerprint density at radius 2 is 1.33 bits per heavy atom. The van der Waals surface area contributed by atoms with E-state index in [1.54, 1.807) is 13.8 Å². The van der Waals surface area contributed by atoms with E-state index in [0.29, 0.717) is 0 Å². The van der Waals surface area contributed by atoms with Gasteiger partial charge in [0.25, 0.3) is 0 Å². The molecule has 0 aromatic heterocycles. The second kappa shape index (κ2) is 8.00. The fraction of sp³-hybridized carbons (Fsp3) is 0.417. The average Bonchev–Trinajstić information content (AvgIpc) is 2.20. The van der Waals surface area contributed by atoms with Crippen LogP contribution in [0, 0.1) is 0 Å². The zero-order valence-electron chi connectivity index (χ0n) is 9.38. The maximum absolute atomic E-state index is 10.5. The molecule has 1 unspecified atom stereocenters. The Labute approximate surface area is 90.7 Å². The van der Waals surface area contributed by atoms with Crippen LogP contribution in [0.1, 0.15) is 20.8 Å². The fourth-order valence-corrected chi connectivity index (χ4v) is 0.716. The highest BCUT2D eigenvalue weighted by atomic mass is 16.6. The van der Waals surface area contributed by atoms with Gasteiger partial charge in [-0.1, -0.05) is 36.4 Å². The number of rotatable bonds is 2. The van der Waals surface area contributed by atoms with Crippen molar-refractivity contribution in [3.63, 3.8) is 0 Å². The summed E-state index contributed by atoms with van der Waals surface area (Å²) in [7, 11) is 0. The third kappa shape index (κ3) is 8.97. The van der Waals surface area contributed by atoms with Gasteiger partial charge in [0.2, 0.25) is 0 Å². The molecule has 0 aliphatic rings. The molecule has 0 aliphatic heterocycles. The molecule has 0 radical (unpaired) electrons. The van der Waals surface area contributed by atoms with E-state index in [-0.39, 0.29) is 6.10 Å². The van der Waals surface area contributed by atoms with Crippen LogP contribution < -0.4 is 0 Å². The quantitative estimate of drug-likeness (QED) is 0.759. The molecular weight excluding hydrogens is 192 g/mol. The second-order valence-corrected chi connectivity index (χ2v) is 3.32. The van der Waals surface area contributed by atoms with Crippen LogP contribution in [0.25, 0.3) is 0 Å². The summed E-state index contributed by atoms with van der Waals surface area (Å²) >= 11 is 0. The SMILES string of the molecule is CC(C)OC(=O)C(C)O.c1ccccc1. The van der Waals surface area contributed by atoms with Crippen molar-refractivity contribution in [1.82, 2.24) is 0 Å². The normalized spacial score (nSPS) is 11.3. The number of carbonyl (C=O) groups is 1. The molecule has 3 nitrogen and oxygen atoms in total. The molecule has 0 fully saturated rings. The largest absolute Gasteiger partial charge is 0.461 e. The zero-order valence-corrected chi connectivity index (χ0v) is 9.38. The van der Waals surface area contributed by atoms with Gasteiger partial charge in [-0.2, -0.15) is 0 Å². The van der Waals surface area contributed by atoms with Crippen LogP contribution >= 0.6 is 0 Å². The Balaban J connectivity index is 0.000000280. The van der Waals surface area contributed by atoms with Gasteiger partial charge in [-0.15, -0.1) is 0 Å². The Morgan fingerprint density at radius 1 is 1.00 bits per heavy atom. The minimum absolute atomic E-state index is 0.146. The van der Waals surface area contributed by atoms with E-state index in [0.717, 1.165) is 0 Å². The number of hydrogen-bond donors (Lipinski definition) is 1. The van der Waals surface area contributed by atoms with Gasteiger partial charge in [0.1, 0.15) is 6.10 Å². The number of benzene rings is 1. The summed E-state index contributed by atoms with van der Waals surface area (Å²) < 4.78 is 4.62. The monoisotopic (exact) mass is 210 g/mol. The number of ether oxygens (including phenoxy) is 1. The molecule has 0 heterocycles. The van der Waals surface area contributed by atoms with E-state index in [2.05, 4.69) is 4.74 Å². The summed E-state index contributed by atoms with van der Waals surface area (Å²) in [6.07, 6.45) is -1.15. The molecule has 1 aromatic rings. The van der Waals surface area contributed by atoms with Crippen LogP contribution in [0.5, 0.6) is 0 Å². The minimum Gasteiger partial charge on any atom is -0.461 e. The van der Waals surface area contributed by atoms with Crippen molar-refractivity contribution in [2.75, 3.05) is 0 Å². The van der Waals surface area contributed by atoms with Crippen molar-refractivity contribution in [2.24, 2.45) is 0 Å². The first-order valence-corrected chi connectivity index (χ1v) is 4.92. The first-order valence-electron chi connectivity index (χ1n) is 4.92. The van der Waals surface area contributed by atoms with Gasteiger partial charge in [-0.05, 0) is 20.8 Å². The van der Waals surface area contributed by atoms with Crippen molar-refractivity contribution in [1.29, 1.82) is 0 Å². The molecule has 1 N–H and O–H groups in total. The van der Waals surface area contributed by atoms with E-state index in [1.165, 1.54) is 6.92 Å². The van der Waals surface area contributed by atoms with Crippen LogP contribution in [-0.4, -0.2) is 23.3 Å². The number of aliphatic hydroxyl groups excluding tert-OH is 1. The predicted octanol–water partition coefficient (Wildman–Crippen LogP) is 2.01. The predicted molar refractivity (Wildman–Crippen MR) is 59.4 cm³/mol. The lowest BCUT2D eigenvalue weighted by Crippen LogP contribution is -2.22. The Hall–Kier alpha value is -1.35. The van der Waals surface area contributed by atoms with Crippen molar-refractivity contribution in [2.45, 2.75) is 33.0 Å². The highest BCUT2D eigenvalue weighted by molar-refractivity contribution is 5.73. The van der Waals surface area contributed by atoms with Gasteiger partial charge in [0, 0.05) is 0 Å². The molecular formula is C12H18O3. The van der Waals surface area contributed by atoms with Crippen LogP contribution in [0.3, 0.4) is 0 Å². The van der Waals surface area contributed by atoms with Gasteiger partial charge < -0.3 is 9.84 Å². The summed E-state index contributed by atoms with van der Waals surface area (Å²) in [5.41, 5.74) is 0. The van der Waals surface area contributed by atoms with Gasteiger partial charge in [-0.3, -0.25) is 0 Å². The molecule has 15 heavy (non-hydrogen) atoms. The van der Waals surface area contributed by atoms with Crippen LogP contribution in [-0.2, 0) is 9.53 Å². The van der Waals surface area contributed by atoms with Crippen molar-refractivity contribution < 1.29 is 14.6 Å². The van der Waals surface area contributed by atoms with E-state index in [1.807, 2.05) is 36.4 Å².